The van der Waals surface area contributed by atoms with Gasteiger partial charge in [-0.2, -0.15) is 0 Å². The summed E-state index contributed by atoms with van der Waals surface area (Å²) in [6.45, 7) is 1.80. The molecule has 0 saturated carbocycles. The van der Waals surface area contributed by atoms with E-state index in [-0.39, 0.29) is 30.0 Å². The van der Waals surface area contributed by atoms with E-state index >= 15 is 0 Å². The number of carbonyl (C=O) groups excluding carboxylic acids is 2. The molecule has 1 atom stereocenters. The smallest absolute Gasteiger partial charge is 0.269 e. The molecule has 1 aliphatic heterocycles. The van der Waals surface area contributed by atoms with E-state index in [0.29, 0.717) is 16.9 Å². The minimum atomic E-state index is -0.513. The highest BCUT2D eigenvalue weighted by Crippen LogP contribution is 2.32. The molecule has 0 saturated heterocycles. The van der Waals surface area contributed by atoms with E-state index in [2.05, 4.69) is 5.32 Å². The van der Waals surface area contributed by atoms with Crippen molar-refractivity contribution >= 4 is 28.9 Å². The van der Waals surface area contributed by atoms with Gasteiger partial charge in [-0.1, -0.05) is 12.1 Å². The summed E-state index contributed by atoms with van der Waals surface area (Å²) in [5, 5.41) is 13.5. The van der Waals surface area contributed by atoms with Crippen LogP contribution in [0, 0.1) is 10.1 Å². The molecular formula is C17H15N3O4. The first-order chi connectivity index (χ1) is 11.5. The second-order valence-corrected chi connectivity index (χ2v) is 5.60. The van der Waals surface area contributed by atoms with Crippen molar-refractivity contribution in [2.45, 2.75) is 19.4 Å². The number of anilines is 2. The normalized spacial score (nSPS) is 16.8. The van der Waals surface area contributed by atoms with Crippen LogP contribution in [0.25, 0.3) is 0 Å². The van der Waals surface area contributed by atoms with Crippen LogP contribution in [0.15, 0.2) is 48.5 Å². The van der Waals surface area contributed by atoms with Crippen molar-refractivity contribution in [2.75, 3.05) is 10.2 Å². The third-order valence-corrected chi connectivity index (χ3v) is 3.90. The number of hydrogen-bond acceptors (Lipinski definition) is 4. The summed E-state index contributed by atoms with van der Waals surface area (Å²) in [5.74, 6) is -0.463. The maximum absolute atomic E-state index is 12.9. The first-order valence-electron chi connectivity index (χ1n) is 7.44. The van der Waals surface area contributed by atoms with Crippen molar-refractivity contribution in [1.82, 2.24) is 0 Å². The number of rotatable bonds is 2. The molecule has 1 N–H and O–H groups in total. The van der Waals surface area contributed by atoms with Crippen LogP contribution in [0.3, 0.4) is 0 Å². The highest BCUT2D eigenvalue weighted by Gasteiger charge is 2.30. The number of amides is 2. The van der Waals surface area contributed by atoms with Crippen LogP contribution in [-0.2, 0) is 4.79 Å². The van der Waals surface area contributed by atoms with Crippen LogP contribution >= 0.6 is 0 Å². The van der Waals surface area contributed by atoms with E-state index in [9.17, 15) is 19.7 Å². The van der Waals surface area contributed by atoms with E-state index in [4.69, 9.17) is 0 Å². The summed E-state index contributed by atoms with van der Waals surface area (Å²) in [4.78, 5) is 36.7. The monoisotopic (exact) mass is 325 g/mol. The number of benzene rings is 2. The Hall–Kier alpha value is -3.22. The Morgan fingerprint density at radius 3 is 2.54 bits per heavy atom. The fraction of sp³-hybridized carbons (Fsp3) is 0.176. The highest BCUT2D eigenvalue weighted by molar-refractivity contribution is 6.11. The molecule has 1 heterocycles. The van der Waals surface area contributed by atoms with Gasteiger partial charge >= 0.3 is 0 Å². The zero-order valence-electron chi connectivity index (χ0n) is 12.9. The van der Waals surface area contributed by atoms with Crippen molar-refractivity contribution in [3.63, 3.8) is 0 Å². The predicted octanol–water partition coefficient (Wildman–Crippen LogP) is 2.97. The molecule has 2 aromatic rings. The molecule has 0 fully saturated rings. The summed E-state index contributed by atoms with van der Waals surface area (Å²) in [6.07, 6.45) is 0.174. The van der Waals surface area contributed by atoms with Gasteiger partial charge in [0.1, 0.15) is 0 Å². The number of nitro benzene ring substituents is 1. The molecule has 0 bridgehead atoms. The molecule has 0 spiro atoms. The number of carbonyl (C=O) groups is 2. The number of nitrogens with zero attached hydrogens (tertiary/aromatic N) is 2. The molecule has 2 amide bonds. The lowest BCUT2D eigenvalue weighted by atomic mass is 10.1. The van der Waals surface area contributed by atoms with E-state index < -0.39 is 4.92 Å². The number of hydrogen-bond donors (Lipinski definition) is 1. The van der Waals surface area contributed by atoms with Crippen LogP contribution in [0.2, 0.25) is 0 Å². The van der Waals surface area contributed by atoms with Crippen molar-refractivity contribution < 1.29 is 14.5 Å². The minimum absolute atomic E-state index is 0.0762. The van der Waals surface area contributed by atoms with E-state index in [1.54, 1.807) is 36.1 Å². The standard InChI is InChI=1S/C17H15N3O4/c1-11-10-16(21)18-14-4-2-3-5-15(14)19(11)17(22)12-6-8-13(9-7-12)20(23)24/h2-9,11H,10H2,1H3,(H,18,21)/t11-/m0/s1. The average molecular weight is 325 g/mol. The van der Waals surface area contributed by atoms with Crippen LogP contribution in [-0.4, -0.2) is 22.8 Å². The molecule has 0 unspecified atom stereocenters. The third kappa shape index (κ3) is 2.83. The Kier molecular flexibility index (Phi) is 3.99. The van der Waals surface area contributed by atoms with Gasteiger partial charge in [0.05, 0.1) is 16.3 Å². The quantitative estimate of drug-likeness (QED) is 0.678. The molecule has 7 heteroatoms. The average Bonchev–Trinajstić information content (AvgIpc) is 2.68. The van der Waals surface area contributed by atoms with E-state index in [1.165, 1.54) is 24.3 Å². The van der Waals surface area contributed by atoms with Crippen molar-refractivity contribution in [1.29, 1.82) is 0 Å². The SMILES string of the molecule is C[C@H]1CC(=O)Nc2ccccc2N1C(=O)c1ccc([N+](=O)[O-])cc1. The number of non-ortho nitro benzene ring substituents is 1. The number of fused-ring (bicyclic) bond motifs is 1. The number of nitro groups is 1. The lowest BCUT2D eigenvalue weighted by molar-refractivity contribution is -0.384. The first-order valence-corrected chi connectivity index (χ1v) is 7.44. The zero-order chi connectivity index (χ0) is 17.3. The summed E-state index contributed by atoms with van der Waals surface area (Å²) >= 11 is 0. The third-order valence-electron chi connectivity index (χ3n) is 3.90. The molecule has 122 valence electrons. The minimum Gasteiger partial charge on any atom is -0.324 e. The van der Waals surface area contributed by atoms with Crippen molar-refractivity contribution in [3.8, 4) is 0 Å². The van der Waals surface area contributed by atoms with Gasteiger partial charge in [0.2, 0.25) is 5.91 Å². The van der Waals surface area contributed by atoms with Gasteiger partial charge in [-0.15, -0.1) is 0 Å². The lowest BCUT2D eigenvalue weighted by Crippen LogP contribution is -2.39. The molecule has 2 aromatic carbocycles. The van der Waals surface area contributed by atoms with Gasteiger partial charge in [0.25, 0.3) is 11.6 Å². The number of para-hydroxylation sites is 2. The molecule has 24 heavy (non-hydrogen) atoms. The van der Waals surface area contributed by atoms with Gasteiger partial charge in [-0.3, -0.25) is 19.7 Å². The fourth-order valence-electron chi connectivity index (χ4n) is 2.76. The Morgan fingerprint density at radius 2 is 1.88 bits per heavy atom. The maximum atomic E-state index is 12.9. The van der Waals surface area contributed by atoms with Crippen molar-refractivity contribution in [2.24, 2.45) is 0 Å². The molecule has 0 radical (unpaired) electrons. The zero-order valence-corrected chi connectivity index (χ0v) is 12.9. The Bertz CT molecular complexity index is 817. The second kappa shape index (κ2) is 6.11. The molecular weight excluding hydrogens is 310 g/mol. The Labute approximate surface area is 138 Å². The topological polar surface area (TPSA) is 92.6 Å². The van der Waals surface area contributed by atoms with Gasteiger partial charge in [0.15, 0.2) is 0 Å². The van der Waals surface area contributed by atoms with Crippen LogP contribution < -0.4 is 10.2 Å². The summed E-state index contributed by atoms with van der Waals surface area (Å²) in [7, 11) is 0. The van der Waals surface area contributed by atoms with Crippen molar-refractivity contribution in [3.05, 3.63) is 64.2 Å². The van der Waals surface area contributed by atoms with E-state index in [1.807, 2.05) is 0 Å². The molecule has 3 rings (SSSR count). The molecule has 0 aromatic heterocycles. The van der Waals surface area contributed by atoms with Gasteiger partial charge < -0.3 is 10.2 Å². The Morgan fingerprint density at radius 1 is 1.21 bits per heavy atom. The van der Waals surface area contributed by atoms with Gasteiger partial charge in [0, 0.05) is 30.2 Å². The highest BCUT2D eigenvalue weighted by atomic mass is 16.6. The fourth-order valence-corrected chi connectivity index (χ4v) is 2.76. The first kappa shape index (κ1) is 15.7. The van der Waals surface area contributed by atoms with Gasteiger partial charge in [-0.25, -0.2) is 0 Å². The maximum Gasteiger partial charge on any atom is 0.269 e. The molecule has 0 aliphatic carbocycles. The Balaban J connectivity index is 2.01. The second-order valence-electron chi connectivity index (χ2n) is 5.60. The van der Waals surface area contributed by atoms with Crippen LogP contribution in [0.5, 0.6) is 0 Å². The lowest BCUT2D eigenvalue weighted by Gasteiger charge is -2.27. The largest absolute Gasteiger partial charge is 0.324 e. The summed E-state index contributed by atoms with van der Waals surface area (Å²) < 4.78 is 0. The summed E-state index contributed by atoms with van der Waals surface area (Å²) in [5.41, 5.74) is 1.44. The predicted molar refractivity (Wildman–Crippen MR) is 89.1 cm³/mol. The van der Waals surface area contributed by atoms with E-state index in [0.717, 1.165) is 0 Å². The molecule has 7 nitrogen and oxygen atoms in total. The number of nitrogens with one attached hydrogen (secondary N) is 1. The van der Waals surface area contributed by atoms with Crippen LogP contribution in [0.1, 0.15) is 23.7 Å². The van der Waals surface area contributed by atoms with Crippen LogP contribution in [0.4, 0.5) is 17.1 Å². The molecule has 1 aliphatic rings. The summed E-state index contributed by atoms with van der Waals surface area (Å²) in [6, 6.07) is 12.2. The van der Waals surface area contributed by atoms with Gasteiger partial charge in [-0.05, 0) is 31.2 Å².